The van der Waals surface area contributed by atoms with Crippen LogP contribution in [-0.2, 0) is 10.0 Å². The van der Waals surface area contributed by atoms with Gasteiger partial charge in [-0.3, -0.25) is 10.1 Å². The Morgan fingerprint density at radius 3 is 2.38 bits per heavy atom. The first-order valence-electron chi connectivity index (χ1n) is 6.54. The van der Waals surface area contributed by atoms with Crippen LogP contribution in [0, 0.1) is 23.0 Å². The van der Waals surface area contributed by atoms with E-state index < -0.39 is 14.9 Å². The van der Waals surface area contributed by atoms with Crippen LogP contribution in [0.1, 0.15) is 19.4 Å². The van der Waals surface area contributed by atoms with Crippen molar-refractivity contribution in [1.29, 1.82) is 0 Å². The van der Waals surface area contributed by atoms with Crippen LogP contribution in [0.5, 0.6) is 0 Å². The van der Waals surface area contributed by atoms with Gasteiger partial charge >= 0.3 is 0 Å². The average Bonchev–Trinajstić information content (AvgIpc) is 2.36. The first kappa shape index (κ1) is 17.4. The van der Waals surface area contributed by atoms with Crippen LogP contribution in [0.15, 0.2) is 17.0 Å². The fourth-order valence-electron chi connectivity index (χ4n) is 2.09. The van der Waals surface area contributed by atoms with Gasteiger partial charge in [0.05, 0.1) is 9.82 Å². The van der Waals surface area contributed by atoms with E-state index in [4.69, 9.17) is 0 Å². The number of aryl methyl sites for hydroxylation is 1. The maximum absolute atomic E-state index is 12.5. The molecule has 1 N–H and O–H groups in total. The third-order valence-corrected chi connectivity index (χ3v) is 5.04. The van der Waals surface area contributed by atoms with E-state index in [9.17, 15) is 18.5 Å². The molecule has 8 heteroatoms. The lowest BCUT2D eigenvalue weighted by atomic mass is 10.2. The Kier molecular flexibility index (Phi) is 5.30. The Bertz CT molecular complexity index is 641. The van der Waals surface area contributed by atoms with Crippen LogP contribution in [0.2, 0.25) is 0 Å². The highest BCUT2D eigenvalue weighted by atomic mass is 32.2. The van der Waals surface area contributed by atoms with E-state index in [-0.39, 0.29) is 16.5 Å². The summed E-state index contributed by atoms with van der Waals surface area (Å²) < 4.78 is 26.3. The van der Waals surface area contributed by atoms with E-state index in [0.29, 0.717) is 17.8 Å². The monoisotopic (exact) mass is 315 g/mol. The number of nitrogens with one attached hydrogen (secondary N) is 1. The van der Waals surface area contributed by atoms with Crippen molar-refractivity contribution in [1.82, 2.24) is 4.31 Å². The van der Waals surface area contributed by atoms with Crippen molar-refractivity contribution in [2.24, 2.45) is 5.92 Å². The number of nitro benzene ring substituents is 1. The standard InChI is InChI=1S/C13H21N3O4S/c1-9(2)8-15(5)21(19,20)13-7-12(16(17)18)11(14-4)6-10(13)3/h6-7,9,14H,8H2,1-5H3. The summed E-state index contributed by atoms with van der Waals surface area (Å²) in [5, 5.41) is 13.8. The van der Waals surface area contributed by atoms with Gasteiger partial charge in [0.1, 0.15) is 5.69 Å². The highest BCUT2D eigenvalue weighted by Gasteiger charge is 2.27. The predicted octanol–water partition coefficient (Wildman–Crippen LogP) is 2.22. The molecule has 21 heavy (non-hydrogen) atoms. The molecule has 0 saturated heterocycles. The summed E-state index contributed by atoms with van der Waals surface area (Å²) in [6, 6.07) is 2.60. The molecule has 0 bridgehead atoms. The summed E-state index contributed by atoms with van der Waals surface area (Å²) in [7, 11) is -0.709. The van der Waals surface area contributed by atoms with Crippen molar-refractivity contribution in [3.05, 3.63) is 27.8 Å². The lowest BCUT2D eigenvalue weighted by molar-refractivity contribution is -0.384. The Hall–Kier alpha value is -1.67. The number of rotatable bonds is 6. The maximum Gasteiger partial charge on any atom is 0.293 e. The first-order chi connectivity index (χ1) is 9.61. The quantitative estimate of drug-likeness (QED) is 0.642. The molecular formula is C13H21N3O4S. The van der Waals surface area contributed by atoms with Crippen molar-refractivity contribution >= 4 is 21.4 Å². The number of anilines is 1. The normalized spacial score (nSPS) is 12.0. The fourth-order valence-corrected chi connectivity index (χ4v) is 3.64. The van der Waals surface area contributed by atoms with E-state index in [1.165, 1.54) is 17.4 Å². The molecule has 0 aliphatic carbocycles. The zero-order valence-corrected chi connectivity index (χ0v) is 13.7. The Labute approximate surface area is 125 Å². The number of hydrogen-bond donors (Lipinski definition) is 1. The average molecular weight is 315 g/mol. The molecule has 0 spiro atoms. The van der Waals surface area contributed by atoms with Crippen LogP contribution in [0.25, 0.3) is 0 Å². The van der Waals surface area contributed by atoms with Crippen molar-refractivity contribution in [2.75, 3.05) is 26.0 Å². The van der Waals surface area contributed by atoms with Crippen molar-refractivity contribution in [3.63, 3.8) is 0 Å². The minimum absolute atomic E-state index is 0.0312. The van der Waals surface area contributed by atoms with Crippen LogP contribution in [0.3, 0.4) is 0 Å². The zero-order chi connectivity index (χ0) is 16.4. The molecule has 1 aromatic carbocycles. The molecule has 7 nitrogen and oxygen atoms in total. The molecular weight excluding hydrogens is 294 g/mol. The molecule has 0 aromatic heterocycles. The van der Waals surface area contributed by atoms with Gasteiger partial charge < -0.3 is 5.32 Å². The second-order valence-corrected chi connectivity index (χ2v) is 7.33. The molecule has 118 valence electrons. The molecule has 0 saturated carbocycles. The van der Waals surface area contributed by atoms with Crippen molar-refractivity contribution < 1.29 is 13.3 Å². The van der Waals surface area contributed by atoms with Crippen molar-refractivity contribution in [3.8, 4) is 0 Å². The minimum Gasteiger partial charge on any atom is -0.383 e. The van der Waals surface area contributed by atoms with E-state index in [0.717, 1.165) is 6.07 Å². The topological polar surface area (TPSA) is 92.6 Å². The van der Waals surface area contributed by atoms with E-state index >= 15 is 0 Å². The van der Waals surface area contributed by atoms with Gasteiger partial charge in [0.2, 0.25) is 10.0 Å². The summed E-state index contributed by atoms with van der Waals surface area (Å²) in [5.41, 5.74) is 0.517. The predicted molar refractivity (Wildman–Crippen MR) is 82.0 cm³/mol. The van der Waals surface area contributed by atoms with Crippen LogP contribution in [-0.4, -0.2) is 38.3 Å². The lowest BCUT2D eigenvalue weighted by Crippen LogP contribution is -2.31. The maximum atomic E-state index is 12.5. The SMILES string of the molecule is CNc1cc(C)c(S(=O)(=O)N(C)CC(C)C)cc1[N+](=O)[O-]. The highest BCUT2D eigenvalue weighted by molar-refractivity contribution is 7.89. The summed E-state index contributed by atoms with van der Waals surface area (Å²) >= 11 is 0. The van der Waals surface area contributed by atoms with Crippen LogP contribution < -0.4 is 5.32 Å². The van der Waals surface area contributed by atoms with Gasteiger partial charge in [-0.2, -0.15) is 0 Å². The Morgan fingerprint density at radius 1 is 1.38 bits per heavy atom. The van der Waals surface area contributed by atoms with Gasteiger partial charge in [-0.1, -0.05) is 13.8 Å². The van der Waals surface area contributed by atoms with Gasteiger partial charge in [0, 0.05) is 26.7 Å². The molecule has 0 aliphatic rings. The second-order valence-electron chi connectivity index (χ2n) is 5.32. The summed E-state index contributed by atoms with van der Waals surface area (Å²) in [4.78, 5) is 10.5. The number of nitro groups is 1. The van der Waals surface area contributed by atoms with Crippen LogP contribution in [0.4, 0.5) is 11.4 Å². The smallest absolute Gasteiger partial charge is 0.293 e. The molecule has 0 heterocycles. The Morgan fingerprint density at radius 2 is 1.95 bits per heavy atom. The van der Waals surface area contributed by atoms with E-state index in [2.05, 4.69) is 5.32 Å². The Balaban J connectivity index is 3.42. The number of hydrogen-bond acceptors (Lipinski definition) is 5. The molecule has 1 aromatic rings. The molecule has 0 atom stereocenters. The largest absolute Gasteiger partial charge is 0.383 e. The van der Waals surface area contributed by atoms with E-state index in [1.54, 1.807) is 14.0 Å². The fraction of sp³-hybridized carbons (Fsp3) is 0.538. The number of benzene rings is 1. The minimum atomic E-state index is -3.74. The summed E-state index contributed by atoms with van der Waals surface area (Å²) in [5.74, 6) is 0.164. The third kappa shape index (κ3) is 3.70. The molecule has 1 rings (SSSR count). The van der Waals surface area contributed by atoms with Gasteiger partial charge in [-0.15, -0.1) is 0 Å². The zero-order valence-electron chi connectivity index (χ0n) is 12.9. The van der Waals surface area contributed by atoms with Crippen molar-refractivity contribution in [2.45, 2.75) is 25.7 Å². The first-order valence-corrected chi connectivity index (χ1v) is 7.98. The van der Waals surface area contributed by atoms with Gasteiger partial charge in [-0.25, -0.2) is 12.7 Å². The molecule has 0 radical (unpaired) electrons. The molecule has 0 aliphatic heterocycles. The van der Waals surface area contributed by atoms with Gasteiger partial charge in [0.25, 0.3) is 5.69 Å². The number of sulfonamides is 1. The van der Waals surface area contributed by atoms with Gasteiger partial charge in [0.15, 0.2) is 0 Å². The second kappa shape index (κ2) is 6.40. The molecule has 0 amide bonds. The lowest BCUT2D eigenvalue weighted by Gasteiger charge is -2.20. The third-order valence-electron chi connectivity index (χ3n) is 3.07. The number of nitrogens with zero attached hydrogens (tertiary/aromatic N) is 2. The van der Waals surface area contributed by atoms with E-state index in [1.807, 2.05) is 13.8 Å². The molecule has 0 fully saturated rings. The molecule has 0 unspecified atom stereocenters. The highest BCUT2D eigenvalue weighted by Crippen LogP contribution is 2.31. The van der Waals surface area contributed by atoms with Crippen LogP contribution >= 0.6 is 0 Å². The summed E-state index contributed by atoms with van der Waals surface area (Å²) in [6.07, 6.45) is 0. The summed E-state index contributed by atoms with van der Waals surface area (Å²) in [6.45, 7) is 5.79. The van der Waals surface area contributed by atoms with Gasteiger partial charge in [-0.05, 0) is 24.5 Å².